The van der Waals surface area contributed by atoms with Crippen molar-refractivity contribution in [3.8, 4) is 29.0 Å². The lowest BCUT2D eigenvalue weighted by Crippen LogP contribution is -2.21. The Morgan fingerprint density at radius 1 is 1.27 bits per heavy atom. The maximum absolute atomic E-state index is 11.0. The SMILES string of the molecule is CCOc1ccc(C2C(C#N)=C(N)Oc3n[nH]c(-c4ccc([N+](=O)[O-])cc4)c32)cc1. The first-order chi connectivity index (χ1) is 14.5. The lowest BCUT2D eigenvalue weighted by atomic mass is 9.83. The number of aromatic amines is 1. The van der Waals surface area contributed by atoms with E-state index in [-0.39, 0.29) is 23.0 Å². The quantitative estimate of drug-likeness (QED) is 0.490. The summed E-state index contributed by atoms with van der Waals surface area (Å²) in [5, 5.41) is 27.8. The van der Waals surface area contributed by atoms with Gasteiger partial charge in [-0.2, -0.15) is 5.26 Å². The van der Waals surface area contributed by atoms with Crippen LogP contribution in [0, 0.1) is 21.4 Å². The second-order valence-electron chi connectivity index (χ2n) is 6.55. The van der Waals surface area contributed by atoms with Crippen LogP contribution in [0.2, 0.25) is 0 Å². The van der Waals surface area contributed by atoms with Crippen LogP contribution in [0.1, 0.15) is 24.0 Å². The summed E-state index contributed by atoms with van der Waals surface area (Å²) in [7, 11) is 0. The van der Waals surface area contributed by atoms with Crippen LogP contribution >= 0.6 is 0 Å². The van der Waals surface area contributed by atoms with E-state index in [4.69, 9.17) is 15.2 Å². The fraction of sp³-hybridized carbons (Fsp3) is 0.143. The maximum Gasteiger partial charge on any atom is 0.269 e. The molecule has 0 saturated carbocycles. The number of nitrogens with two attached hydrogens (primary N) is 1. The minimum atomic E-state index is -0.515. The summed E-state index contributed by atoms with van der Waals surface area (Å²) in [6.07, 6.45) is 0. The Kier molecular flexibility index (Phi) is 4.82. The number of aromatic nitrogens is 2. The lowest BCUT2D eigenvalue weighted by Gasteiger charge is -2.24. The molecule has 0 saturated heterocycles. The fourth-order valence-corrected chi connectivity index (χ4v) is 3.47. The van der Waals surface area contributed by atoms with E-state index in [9.17, 15) is 15.4 Å². The number of benzene rings is 2. The number of rotatable bonds is 5. The number of ether oxygens (including phenoxy) is 2. The summed E-state index contributed by atoms with van der Waals surface area (Å²) in [6, 6.07) is 15.6. The molecule has 1 unspecified atom stereocenters. The number of nitriles is 1. The van der Waals surface area contributed by atoms with E-state index in [0.29, 0.717) is 29.2 Å². The second kappa shape index (κ2) is 7.60. The zero-order chi connectivity index (χ0) is 21.3. The molecular formula is C21H17N5O4. The number of fused-ring (bicyclic) bond motifs is 1. The van der Waals surface area contributed by atoms with Crippen molar-refractivity contribution in [2.75, 3.05) is 6.61 Å². The minimum absolute atomic E-state index is 0.00867. The van der Waals surface area contributed by atoms with Gasteiger partial charge in [0.05, 0.1) is 28.7 Å². The maximum atomic E-state index is 11.0. The Balaban J connectivity index is 1.84. The van der Waals surface area contributed by atoms with Crippen LogP contribution in [0.3, 0.4) is 0 Å². The molecule has 0 bridgehead atoms. The minimum Gasteiger partial charge on any atom is -0.494 e. The van der Waals surface area contributed by atoms with E-state index >= 15 is 0 Å². The molecule has 4 rings (SSSR count). The van der Waals surface area contributed by atoms with Crippen LogP contribution in [0.4, 0.5) is 5.69 Å². The molecule has 9 nitrogen and oxygen atoms in total. The van der Waals surface area contributed by atoms with E-state index in [2.05, 4.69) is 16.3 Å². The molecule has 1 aromatic heterocycles. The van der Waals surface area contributed by atoms with Crippen LogP contribution < -0.4 is 15.2 Å². The van der Waals surface area contributed by atoms with Gasteiger partial charge in [0, 0.05) is 17.7 Å². The zero-order valence-electron chi connectivity index (χ0n) is 16.0. The van der Waals surface area contributed by atoms with E-state index in [0.717, 1.165) is 5.56 Å². The van der Waals surface area contributed by atoms with Crippen molar-refractivity contribution in [3.05, 3.63) is 81.2 Å². The third kappa shape index (κ3) is 3.20. The van der Waals surface area contributed by atoms with Gasteiger partial charge in [0.25, 0.3) is 5.69 Å². The molecule has 0 spiro atoms. The molecule has 2 heterocycles. The van der Waals surface area contributed by atoms with Crippen LogP contribution in [0.15, 0.2) is 60.0 Å². The molecule has 0 radical (unpaired) electrons. The summed E-state index contributed by atoms with van der Waals surface area (Å²) in [6.45, 7) is 2.45. The zero-order valence-corrected chi connectivity index (χ0v) is 16.0. The van der Waals surface area contributed by atoms with Crippen molar-refractivity contribution in [1.29, 1.82) is 5.26 Å². The van der Waals surface area contributed by atoms with Gasteiger partial charge in [-0.15, -0.1) is 5.10 Å². The average Bonchev–Trinajstić information content (AvgIpc) is 3.17. The van der Waals surface area contributed by atoms with Gasteiger partial charge in [0.2, 0.25) is 11.8 Å². The predicted octanol–water partition coefficient (Wildman–Crippen LogP) is 3.60. The van der Waals surface area contributed by atoms with Gasteiger partial charge in [0.1, 0.15) is 17.4 Å². The molecule has 1 aliphatic heterocycles. The molecule has 9 heteroatoms. The smallest absolute Gasteiger partial charge is 0.269 e. The van der Waals surface area contributed by atoms with Crippen LogP contribution in [-0.4, -0.2) is 21.7 Å². The number of allylic oxidation sites excluding steroid dienone is 1. The van der Waals surface area contributed by atoms with Crippen LogP contribution in [0.25, 0.3) is 11.3 Å². The molecule has 3 aromatic rings. The van der Waals surface area contributed by atoms with Crippen molar-refractivity contribution in [2.24, 2.45) is 5.73 Å². The molecule has 1 atom stereocenters. The normalized spacial score (nSPS) is 15.1. The van der Waals surface area contributed by atoms with Gasteiger partial charge in [-0.25, -0.2) is 0 Å². The number of non-ortho nitro benzene ring substituents is 1. The first kappa shape index (κ1) is 19.0. The molecule has 0 fully saturated rings. The summed E-state index contributed by atoms with van der Waals surface area (Å²) < 4.78 is 11.1. The Labute approximate surface area is 171 Å². The summed E-state index contributed by atoms with van der Waals surface area (Å²) in [4.78, 5) is 10.5. The predicted molar refractivity (Wildman–Crippen MR) is 108 cm³/mol. The monoisotopic (exact) mass is 403 g/mol. The number of hydrogen-bond donors (Lipinski definition) is 2. The Hall–Kier alpha value is -4.32. The standard InChI is InChI=1S/C21H17N5O4/c1-2-29-15-9-5-12(6-10-15)17-16(11-22)20(23)30-21-18(17)19(24-25-21)13-3-7-14(8-4-13)26(27)28/h3-10,17H,2,23H2,1H3,(H,24,25). The number of nitro benzene ring substituents is 1. The highest BCUT2D eigenvalue weighted by atomic mass is 16.6. The van der Waals surface area contributed by atoms with E-state index in [1.165, 1.54) is 12.1 Å². The van der Waals surface area contributed by atoms with Gasteiger partial charge in [0.15, 0.2) is 0 Å². The number of nitrogens with one attached hydrogen (secondary N) is 1. The number of nitrogens with zero attached hydrogens (tertiary/aromatic N) is 3. The Morgan fingerprint density at radius 3 is 2.57 bits per heavy atom. The van der Waals surface area contributed by atoms with E-state index in [1.54, 1.807) is 12.1 Å². The summed E-state index contributed by atoms with van der Waals surface area (Å²) >= 11 is 0. The van der Waals surface area contributed by atoms with Crippen molar-refractivity contribution in [1.82, 2.24) is 10.2 Å². The van der Waals surface area contributed by atoms with Gasteiger partial charge >= 0.3 is 0 Å². The summed E-state index contributed by atoms with van der Waals surface area (Å²) in [5.41, 5.74) is 8.95. The highest BCUT2D eigenvalue weighted by molar-refractivity contribution is 5.71. The van der Waals surface area contributed by atoms with E-state index in [1.807, 2.05) is 31.2 Å². The molecule has 0 amide bonds. The molecule has 150 valence electrons. The topological polar surface area (TPSA) is 140 Å². The highest BCUT2D eigenvalue weighted by Crippen LogP contribution is 2.45. The molecule has 3 N–H and O–H groups in total. The first-order valence-corrected chi connectivity index (χ1v) is 9.17. The van der Waals surface area contributed by atoms with Crippen LogP contribution in [-0.2, 0) is 0 Å². The van der Waals surface area contributed by atoms with Crippen molar-refractivity contribution < 1.29 is 14.4 Å². The number of nitro groups is 1. The fourth-order valence-electron chi connectivity index (χ4n) is 3.47. The first-order valence-electron chi connectivity index (χ1n) is 9.17. The van der Waals surface area contributed by atoms with Gasteiger partial charge in [-0.05, 0) is 36.8 Å². The third-order valence-electron chi connectivity index (χ3n) is 4.83. The van der Waals surface area contributed by atoms with Gasteiger partial charge in [-0.1, -0.05) is 12.1 Å². The van der Waals surface area contributed by atoms with Crippen molar-refractivity contribution in [2.45, 2.75) is 12.8 Å². The molecule has 1 aliphatic rings. The average molecular weight is 403 g/mol. The third-order valence-corrected chi connectivity index (χ3v) is 4.83. The van der Waals surface area contributed by atoms with Crippen molar-refractivity contribution in [3.63, 3.8) is 0 Å². The molecule has 0 aliphatic carbocycles. The Bertz CT molecular complexity index is 1170. The molecule has 30 heavy (non-hydrogen) atoms. The van der Waals surface area contributed by atoms with Gasteiger partial charge < -0.3 is 15.2 Å². The van der Waals surface area contributed by atoms with Gasteiger partial charge in [-0.3, -0.25) is 15.2 Å². The lowest BCUT2D eigenvalue weighted by molar-refractivity contribution is -0.384. The largest absolute Gasteiger partial charge is 0.494 e. The Morgan fingerprint density at radius 2 is 1.97 bits per heavy atom. The molecular weight excluding hydrogens is 386 g/mol. The van der Waals surface area contributed by atoms with Crippen molar-refractivity contribution >= 4 is 5.69 Å². The summed E-state index contributed by atoms with van der Waals surface area (Å²) in [5.74, 6) is 0.453. The second-order valence-corrected chi connectivity index (χ2v) is 6.55. The van der Waals surface area contributed by atoms with E-state index < -0.39 is 10.8 Å². The van der Waals surface area contributed by atoms with Crippen LogP contribution in [0.5, 0.6) is 11.6 Å². The number of hydrogen-bond acceptors (Lipinski definition) is 7. The number of H-pyrrole nitrogens is 1. The molecule has 2 aromatic carbocycles. The highest BCUT2D eigenvalue weighted by Gasteiger charge is 2.35.